The molecule has 5 heteroatoms. The summed E-state index contributed by atoms with van der Waals surface area (Å²) in [4.78, 5) is 20.3. The summed E-state index contributed by atoms with van der Waals surface area (Å²) in [6.07, 6.45) is 0. The maximum absolute atomic E-state index is 13.3. The van der Waals surface area contributed by atoms with Crippen LogP contribution in [0.2, 0.25) is 0 Å². The van der Waals surface area contributed by atoms with Gasteiger partial charge in [0.2, 0.25) is 5.78 Å². The summed E-state index contributed by atoms with van der Waals surface area (Å²) >= 11 is 0. The van der Waals surface area contributed by atoms with Crippen molar-refractivity contribution in [2.24, 2.45) is 0 Å². The van der Waals surface area contributed by atoms with E-state index in [2.05, 4.69) is 9.97 Å². The van der Waals surface area contributed by atoms with Gasteiger partial charge in [-0.3, -0.25) is 4.79 Å². The maximum Gasteiger partial charge on any atom is 0.228 e. The van der Waals surface area contributed by atoms with Gasteiger partial charge in [0.1, 0.15) is 11.6 Å². The standard InChI is InChI=1S/C22H14F2N2O/c23-17-10-6-14(7-11-17)19-20(15-8-12-18(24)13-9-15)26-22(25-19)21(27)16-4-2-1-3-5-16/h1-13H,(H,25,26). The fourth-order valence-electron chi connectivity index (χ4n) is 2.85. The number of hydrogen-bond donors (Lipinski definition) is 1. The lowest BCUT2D eigenvalue weighted by molar-refractivity contribution is 0.103. The summed E-state index contributed by atoms with van der Waals surface area (Å²) in [6, 6.07) is 20.5. The lowest BCUT2D eigenvalue weighted by Crippen LogP contribution is -2.03. The first-order valence-electron chi connectivity index (χ1n) is 8.33. The number of aromatic nitrogens is 2. The molecule has 0 aliphatic rings. The van der Waals surface area contributed by atoms with Gasteiger partial charge in [0.25, 0.3) is 0 Å². The van der Waals surface area contributed by atoms with Crippen molar-refractivity contribution >= 4 is 5.78 Å². The van der Waals surface area contributed by atoms with Gasteiger partial charge < -0.3 is 4.98 Å². The summed E-state index contributed by atoms with van der Waals surface area (Å²) < 4.78 is 26.6. The number of hydrogen-bond acceptors (Lipinski definition) is 2. The number of H-pyrrole nitrogens is 1. The first-order valence-corrected chi connectivity index (χ1v) is 8.33. The second-order valence-electron chi connectivity index (χ2n) is 6.02. The molecule has 0 unspecified atom stereocenters. The average molecular weight is 360 g/mol. The Bertz CT molecular complexity index is 1020. The van der Waals surface area contributed by atoms with Crippen LogP contribution in [-0.2, 0) is 0 Å². The van der Waals surface area contributed by atoms with Crippen molar-refractivity contribution in [1.82, 2.24) is 9.97 Å². The van der Waals surface area contributed by atoms with Gasteiger partial charge in [-0.2, -0.15) is 0 Å². The Morgan fingerprint density at radius 2 is 1.30 bits per heavy atom. The molecule has 4 rings (SSSR count). The molecule has 4 aromatic rings. The topological polar surface area (TPSA) is 45.8 Å². The van der Waals surface area contributed by atoms with Crippen LogP contribution in [0.3, 0.4) is 0 Å². The number of halogens is 2. The van der Waals surface area contributed by atoms with Crippen molar-refractivity contribution in [1.29, 1.82) is 0 Å². The van der Waals surface area contributed by atoms with Crippen molar-refractivity contribution in [2.45, 2.75) is 0 Å². The molecular formula is C22H14F2N2O. The van der Waals surface area contributed by atoms with E-state index < -0.39 is 0 Å². The van der Waals surface area contributed by atoms with E-state index in [0.717, 1.165) is 0 Å². The van der Waals surface area contributed by atoms with Gasteiger partial charge in [0.15, 0.2) is 5.82 Å². The van der Waals surface area contributed by atoms with Gasteiger partial charge in [-0.25, -0.2) is 13.8 Å². The molecule has 0 saturated carbocycles. The van der Waals surface area contributed by atoms with Crippen LogP contribution in [0.15, 0.2) is 78.9 Å². The second-order valence-corrected chi connectivity index (χ2v) is 6.02. The molecule has 1 N–H and O–H groups in total. The van der Waals surface area contributed by atoms with Gasteiger partial charge >= 0.3 is 0 Å². The molecule has 132 valence electrons. The number of benzene rings is 3. The third-order valence-electron chi connectivity index (χ3n) is 4.21. The molecule has 0 radical (unpaired) electrons. The fraction of sp³-hybridized carbons (Fsp3) is 0. The molecule has 0 atom stereocenters. The zero-order valence-electron chi connectivity index (χ0n) is 14.1. The highest BCUT2D eigenvalue weighted by molar-refractivity contribution is 6.07. The number of rotatable bonds is 4. The van der Waals surface area contributed by atoms with E-state index in [-0.39, 0.29) is 23.2 Å². The van der Waals surface area contributed by atoms with E-state index in [1.807, 2.05) is 6.07 Å². The van der Waals surface area contributed by atoms with Crippen LogP contribution >= 0.6 is 0 Å². The Kier molecular flexibility index (Phi) is 4.34. The third kappa shape index (κ3) is 3.40. The molecular weight excluding hydrogens is 346 g/mol. The largest absolute Gasteiger partial charge is 0.335 e. The van der Waals surface area contributed by atoms with Crippen LogP contribution in [0.5, 0.6) is 0 Å². The van der Waals surface area contributed by atoms with Gasteiger partial charge in [0, 0.05) is 16.7 Å². The Labute approximate surface area is 154 Å². The monoisotopic (exact) mass is 360 g/mol. The number of carbonyl (C=O) groups excluding carboxylic acids is 1. The van der Waals surface area contributed by atoms with Crippen LogP contribution in [-0.4, -0.2) is 15.8 Å². The van der Waals surface area contributed by atoms with Crippen LogP contribution in [0.4, 0.5) is 8.78 Å². The van der Waals surface area contributed by atoms with Crippen molar-refractivity contribution in [2.75, 3.05) is 0 Å². The average Bonchev–Trinajstić information content (AvgIpc) is 3.14. The Morgan fingerprint density at radius 1 is 0.741 bits per heavy atom. The predicted molar refractivity (Wildman–Crippen MR) is 99.3 cm³/mol. The van der Waals surface area contributed by atoms with Crippen molar-refractivity contribution in [3.05, 3.63) is 102 Å². The van der Waals surface area contributed by atoms with Gasteiger partial charge in [-0.05, 0) is 48.5 Å². The maximum atomic E-state index is 13.3. The summed E-state index contributed by atoms with van der Waals surface area (Å²) in [5.74, 6) is -0.812. The molecule has 3 nitrogen and oxygen atoms in total. The number of imidazole rings is 1. The Balaban J connectivity index is 1.85. The van der Waals surface area contributed by atoms with Gasteiger partial charge in [0.05, 0.1) is 11.4 Å². The van der Waals surface area contributed by atoms with Crippen LogP contribution in [0.1, 0.15) is 16.2 Å². The quantitative estimate of drug-likeness (QED) is 0.505. The number of carbonyl (C=O) groups is 1. The van der Waals surface area contributed by atoms with Crippen LogP contribution < -0.4 is 0 Å². The van der Waals surface area contributed by atoms with E-state index in [9.17, 15) is 13.6 Å². The normalized spacial score (nSPS) is 10.7. The van der Waals surface area contributed by atoms with Gasteiger partial charge in [-0.1, -0.05) is 30.3 Å². The first kappa shape index (κ1) is 16.8. The zero-order valence-corrected chi connectivity index (χ0v) is 14.1. The minimum Gasteiger partial charge on any atom is -0.335 e. The third-order valence-corrected chi connectivity index (χ3v) is 4.21. The molecule has 0 saturated heterocycles. The van der Waals surface area contributed by atoms with E-state index in [0.29, 0.717) is 28.1 Å². The lowest BCUT2D eigenvalue weighted by atomic mass is 10.1. The molecule has 1 aromatic heterocycles. The highest BCUT2D eigenvalue weighted by Gasteiger charge is 2.19. The van der Waals surface area contributed by atoms with Crippen molar-refractivity contribution in [3.8, 4) is 22.5 Å². The van der Waals surface area contributed by atoms with E-state index >= 15 is 0 Å². The van der Waals surface area contributed by atoms with E-state index in [4.69, 9.17) is 0 Å². The molecule has 1 heterocycles. The SMILES string of the molecule is O=C(c1ccccc1)c1nc(-c2ccc(F)cc2)c(-c2ccc(F)cc2)[nH]1. The van der Waals surface area contributed by atoms with E-state index in [1.54, 1.807) is 48.5 Å². The van der Waals surface area contributed by atoms with E-state index in [1.165, 1.54) is 24.3 Å². The van der Waals surface area contributed by atoms with Gasteiger partial charge in [-0.15, -0.1) is 0 Å². The lowest BCUT2D eigenvalue weighted by Gasteiger charge is -2.03. The predicted octanol–water partition coefficient (Wildman–Crippen LogP) is 5.25. The zero-order chi connectivity index (χ0) is 18.8. The van der Waals surface area contributed by atoms with Crippen LogP contribution in [0.25, 0.3) is 22.5 Å². The van der Waals surface area contributed by atoms with Crippen LogP contribution in [0, 0.1) is 11.6 Å². The first-order chi connectivity index (χ1) is 13.1. The number of ketones is 1. The molecule has 0 amide bonds. The second kappa shape index (κ2) is 6.96. The minimum absolute atomic E-state index is 0.167. The molecule has 0 aliphatic heterocycles. The molecule has 3 aromatic carbocycles. The molecule has 0 bridgehead atoms. The van der Waals surface area contributed by atoms with Crippen molar-refractivity contribution < 1.29 is 13.6 Å². The Hall–Kier alpha value is -3.60. The highest BCUT2D eigenvalue weighted by Crippen LogP contribution is 2.31. The van der Waals surface area contributed by atoms with Crippen molar-refractivity contribution in [3.63, 3.8) is 0 Å². The molecule has 0 aliphatic carbocycles. The summed E-state index contributed by atoms with van der Waals surface area (Å²) in [7, 11) is 0. The summed E-state index contributed by atoms with van der Waals surface area (Å²) in [5, 5.41) is 0. The molecule has 27 heavy (non-hydrogen) atoms. The summed E-state index contributed by atoms with van der Waals surface area (Å²) in [6.45, 7) is 0. The Morgan fingerprint density at radius 3 is 1.89 bits per heavy atom. The number of aromatic amines is 1. The smallest absolute Gasteiger partial charge is 0.228 e. The molecule has 0 spiro atoms. The highest BCUT2D eigenvalue weighted by atomic mass is 19.1. The molecule has 0 fully saturated rings. The number of nitrogens with zero attached hydrogens (tertiary/aromatic N) is 1. The fourth-order valence-corrected chi connectivity index (χ4v) is 2.85. The minimum atomic E-state index is -0.363. The number of nitrogens with one attached hydrogen (secondary N) is 1. The summed E-state index contributed by atoms with van der Waals surface area (Å²) in [5.41, 5.74) is 2.90.